The number of rotatable bonds is 14. The predicted molar refractivity (Wildman–Crippen MR) is 159 cm³/mol. The summed E-state index contributed by atoms with van der Waals surface area (Å²) in [5.74, 6) is -1.77. The van der Waals surface area contributed by atoms with Gasteiger partial charge in [0, 0.05) is 30.3 Å². The molecule has 2 aromatic carbocycles. The summed E-state index contributed by atoms with van der Waals surface area (Å²) in [5, 5.41) is 19.6. The highest BCUT2D eigenvalue weighted by Crippen LogP contribution is 2.45. The standard InChI is InChI=1S/C28H36F2N6O5S/c1-5-35(42(39,40)33-16-20-7-6-19(2)25(12-20)34(4)38)11-10-31-24-17-32-36(23-14-21(29)13-22(30)15-23)27(37)26(24)41-18-28(3)8-9-28/h6-7,12-15,17,31H,5,8-11,16,18H2,1-4H3,(H2,33,39,40). The summed E-state index contributed by atoms with van der Waals surface area (Å²) in [4.78, 5) is 13.3. The van der Waals surface area contributed by atoms with Crippen molar-refractivity contribution in [3.63, 3.8) is 0 Å². The van der Waals surface area contributed by atoms with Crippen LogP contribution in [-0.2, 0) is 21.3 Å². The van der Waals surface area contributed by atoms with Crippen molar-refractivity contribution in [1.82, 2.24) is 18.8 Å². The van der Waals surface area contributed by atoms with Gasteiger partial charge in [0.05, 0.1) is 31.6 Å². The van der Waals surface area contributed by atoms with Gasteiger partial charge in [0.15, 0.2) is 0 Å². The van der Waals surface area contributed by atoms with E-state index in [1.807, 2.05) is 13.8 Å². The van der Waals surface area contributed by atoms with Gasteiger partial charge >= 0.3 is 16.1 Å². The minimum atomic E-state index is -3.64. The number of aromatic nitrogens is 2. The molecule has 1 aliphatic rings. The van der Waals surface area contributed by atoms with Gasteiger partial charge in [0.2, 0.25) is 5.75 Å². The first-order chi connectivity index (χ1) is 19.8. The Morgan fingerprint density at radius 1 is 1.21 bits per heavy atom. The summed E-state index contributed by atoms with van der Waals surface area (Å²) in [6.07, 6.45) is 3.22. The molecule has 0 radical (unpaired) electrons. The van der Waals surface area contributed by atoms with Crippen molar-refractivity contribution < 1.29 is 22.3 Å². The van der Waals surface area contributed by atoms with Crippen LogP contribution in [0.1, 0.15) is 37.8 Å². The molecule has 1 fully saturated rings. The van der Waals surface area contributed by atoms with E-state index < -0.39 is 27.8 Å². The van der Waals surface area contributed by atoms with E-state index >= 15 is 0 Å². The molecule has 0 amide bonds. The van der Waals surface area contributed by atoms with Gasteiger partial charge in [-0.05, 0) is 67.3 Å². The Hall–Kier alpha value is -3.43. The van der Waals surface area contributed by atoms with Crippen LogP contribution in [0.15, 0.2) is 47.4 Å². The van der Waals surface area contributed by atoms with E-state index in [0.717, 1.165) is 40.3 Å². The summed E-state index contributed by atoms with van der Waals surface area (Å²) < 4.78 is 62.3. The van der Waals surface area contributed by atoms with Crippen LogP contribution in [0.5, 0.6) is 5.75 Å². The van der Waals surface area contributed by atoms with Gasteiger partial charge in [-0.25, -0.2) is 8.78 Å². The Labute approximate surface area is 244 Å². The molecule has 0 aliphatic heterocycles. The number of nitrogens with zero attached hydrogens (tertiary/aromatic N) is 4. The van der Waals surface area contributed by atoms with Crippen LogP contribution >= 0.6 is 0 Å². The number of anilines is 2. The van der Waals surface area contributed by atoms with E-state index in [1.54, 1.807) is 25.1 Å². The van der Waals surface area contributed by atoms with Crippen LogP contribution in [-0.4, -0.2) is 51.9 Å². The third-order valence-electron chi connectivity index (χ3n) is 7.15. The van der Waals surface area contributed by atoms with Gasteiger partial charge in [-0.1, -0.05) is 28.1 Å². The van der Waals surface area contributed by atoms with Crippen LogP contribution in [0, 0.1) is 29.2 Å². The van der Waals surface area contributed by atoms with Gasteiger partial charge in [0.25, 0.3) is 0 Å². The lowest BCUT2D eigenvalue weighted by molar-refractivity contribution is 0.244. The fraction of sp³-hybridized carbons (Fsp3) is 0.429. The molecule has 42 heavy (non-hydrogen) atoms. The second-order valence-corrected chi connectivity index (χ2v) is 12.5. The maximum Gasteiger partial charge on any atom is 0.372 e. The van der Waals surface area contributed by atoms with E-state index in [1.165, 1.54) is 17.5 Å². The van der Waals surface area contributed by atoms with Crippen molar-refractivity contribution in [2.24, 2.45) is 5.41 Å². The normalized spacial score (nSPS) is 15.4. The molecule has 1 aliphatic carbocycles. The molecule has 1 heterocycles. The first kappa shape index (κ1) is 31.5. The third kappa shape index (κ3) is 7.69. The molecular formula is C28H36F2N6O5S. The van der Waals surface area contributed by atoms with Crippen molar-refractivity contribution in [2.45, 2.75) is 40.2 Å². The van der Waals surface area contributed by atoms with Crippen molar-refractivity contribution >= 4 is 22.0 Å². The van der Waals surface area contributed by atoms with E-state index in [-0.39, 0.29) is 55.3 Å². The zero-order valence-electron chi connectivity index (χ0n) is 24.0. The lowest BCUT2D eigenvalue weighted by Gasteiger charge is -2.27. The van der Waals surface area contributed by atoms with Crippen molar-refractivity contribution in [2.75, 3.05) is 43.7 Å². The minimum Gasteiger partial charge on any atom is -0.758 e. The Balaban J connectivity index is 1.46. The Kier molecular flexibility index (Phi) is 9.63. The molecule has 4 rings (SSSR count). The number of aryl methyl sites for hydroxylation is 1. The lowest BCUT2D eigenvalue weighted by Crippen LogP contribution is -2.47. The summed E-state index contributed by atoms with van der Waals surface area (Å²) in [5.41, 5.74) is 1.35. The molecule has 11 nitrogen and oxygen atoms in total. The molecular weight excluding hydrogens is 570 g/mol. The molecule has 14 heteroatoms. The Bertz CT molecular complexity index is 1510. The number of hydrogen-bond donors (Lipinski definition) is 3. The molecule has 0 saturated heterocycles. The van der Waals surface area contributed by atoms with E-state index in [9.17, 15) is 27.5 Å². The monoisotopic (exact) mass is 606 g/mol. The number of likely N-dealkylation sites (N-methyl/N-ethyl adjacent to an activating group) is 1. The highest BCUT2D eigenvalue weighted by atomic mass is 32.3. The van der Waals surface area contributed by atoms with Crippen molar-refractivity contribution in [1.29, 1.82) is 0 Å². The molecule has 0 spiro atoms. The highest BCUT2D eigenvalue weighted by Gasteiger charge is 2.39. The van der Waals surface area contributed by atoms with Crippen LogP contribution in [0.4, 0.5) is 20.2 Å². The lowest BCUT2D eigenvalue weighted by atomic mass is 10.1. The van der Waals surface area contributed by atoms with Gasteiger partial charge < -0.3 is 20.3 Å². The number of ether oxygens (including phenoxy) is 1. The first-order valence-corrected chi connectivity index (χ1v) is 15.0. The summed E-state index contributed by atoms with van der Waals surface area (Å²) in [7, 11) is -2.25. The Morgan fingerprint density at radius 3 is 2.52 bits per heavy atom. The van der Waals surface area contributed by atoms with Crippen LogP contribution in [0.25, 0.3) is 5.69 Å². The van der Waals surface area contributed by atoms with Gasteiger partial charge in [-0.15, -0.1) is 0 Å². The van der Waals surface area contributed by atoms with E-state index in [4.69, 9.17) is 4.74 Å². The average Bonchev–Trinajstić information content (AvgIpc) is 3.66. The van der Waals surface area contributed by atoms with E-state index in [2.05, 4.69) is 15.1 Å². The second-order valence-electron chi connectivity index (χ2n) is 10.7. The quantitative estimate of drug-likeness (QED) is 0.183. The summed E-state index contributed by atoms with van der Waals surface area (Å²) in [6.45, 7) is 6.40. The third-order valence-corrected chi connectivity index (χ3v) is 8.81. The van der Waals surface area contributed by atoms with Crippen molar-refractivity contribution in [3.05, 3.63) is 80.9 Å². The zero-order valence-corrected chi connectivity index (χ0v) is 24.8. The SMILES string of the molecule is CCN(CCNc1cnn(-c2cc(F)cc(F)c2)c(=O)c1OCC1(C)CC1)[S+](=O)(O)NCc1ccc(C)c(N(C)[O-])c1. The molecule has 1 saturated carbocycles. The highest BCUT2D eigenvalue weighted by molar-refractivity contribution is 7.93. The van der Waals surface area contributed by atoms with Crippen LogP contribution < -0.4 is 25.4 Å². The molecule has 1 aromatic heterocycles. The minimum absolute atomic E-state index is 0.0555. The maximum atomic E-state index is 13.8. The molecule has 3 N–H and O–H groups in total. The largest absolute Gasteiger partial charge is 0.758 e. The van der Waals surface area contributed by atoms with Crippen LogP contribution in [0.3, 0.4) is 0 Å². The zero-order chi connectivity index (χ0) is 30.7. The molecule has 228 valence electrons. The number of hydrogen-bond acceptors (Lipinski definition) is 7. The predicted octanol–water partition coefficient (Wildman–Crippen LogP) is 4.26. The molecule has 0 bridgehead atoms. The fourth-order valence-corrected chi connectivity index (χ4v) is 5.52. The number of hydroxylamine groups is 1. The molecule has 1 unspecified atom stereocenters. The van der Waals surface area contributed by atoms with E-state index in [0.29, 0.717) is 17.3 Å². The fourth-order valence-electron chi connectivity index (χ4n) is 4.30. The molecule has 3 aromatic rings. The van der Waals surface area contributed by atoms with Gasteiger partial charge in [-0.2, -0.15) is 14.3 Å². The van der Waals surface area contributed by atoms with Crippen LogP contribution in [0.2, 0.25) is 0 Å². The smallest absolute Gasteiger partial charge is 0.372 e. The summed E-state index contributed by atoms with van der Waals surface area (Å²) >= 11 is 0. The van der Waals surface area contributed by atoms with Crippen molar-refractivity contribution in [3.8, 4) is 11.4 Å². The number of halogens is 2. The van der Waals surface area contributed by atoms with Gasteiger partial charge in [0.1, 0.15) is 17.3 Å². The summed E-state index contributed by atoms with van der Waals surface area (Å²) in [6, 6.07) is 7.91. The first-order valence-electron chi connectivity index (χ1n) is 13.5. The maximum absolute atomic E-state index is 13.8. The number of nitrogens with one attached hydrogen (secondary N) is 2. The van der Waals surface area contributed by atoms with Gasteiger partial charge in [-0.3, -0.25) is 4.79 Å². The average molecular weight is 607 g/mol. The molecule has 1 atom stereocenters. The second kappa shape index (κ2) is 12.8. The topological polar surface area (TPSA) is 135 Å². The Morgan fingerprint density at radius 2 is 1.90 bits per heavy atom. The number of benzene rings is 2.